The van der Waals surface area contributed by atoms with Crippen molar-refractivity contribution in [2.75, 3.05) is 6.54 Å². The lowest BCUT2D eigenvalue weighted by molar-refractivity contribution is -0.138. The average molecular weight is 337 g/mol. The molecule has 0 aliphatic carbocycles. The maximum absolute atomic E-state index is 12.3. The Morgan fingerprint density at radius 3 is 2.64 bits per heavy atom. The molecule has 2 heterocycles. The van der Waals surface area contributed by atoms with Gasteiger partial charge >= 0.3 is 0 Å². The number of hydrogen-bond acceptors (Lipinski definition) is 5. The number of hydrogen-bond donors (Lipinski definition) is 3. The van der Waals surface area contributed by atoms with Crippen LogP contribution in [0.4, 0.5) is 0 Å². The van der Waals surface area contributed by atoms with Crippen LogP contribution in [-0.4, -0.2) is 37.7 Å². The topological polar surface area (TPSA) is 104 Å². The van der Waals surface area contributed by atoms with Crippen molar-refractivity contribution in [3.8, 4) is 11.4 Å². The molecule has 0 aliphatic heterocycles. The zero-order valence-corrected chi connectivity index (χ0v) is 13.8. The third kappa shape index (κ3) is 3.89. The van der Waals surface area contributed by atoms with Gasteiger partial charge in [0.2, 0.25) is 0 Å². The van der Waals surface area contributed by atoms with Gasteiger partial charge < -0.3 is 10.4 Å². The highest BCUT2D eigenvalue weighted by atomic mass is 16.3. The molecule has 0 fully saturated rings. The third-order valence-corrected chi connectivity index (χ3v) is 3.90. The van der Waals surface area contributed by atoms with Crippen molar-refractivity contribution in [2.24, 2.45) is 0 Å². The number of nitrogens with zero attached hydrogens (tertiary/aromatic N) is 3. The van der Waals surface area contributed by atoms with E-state index >= 15 is 0 Å². The highest BCUT2D eigenvalue weighted by Gasteiger charge is 2.31. The van der Waals surface area contributed by atoms with Crippen molar-refractivity contribution in [3.63, 3.8) is 0 Å². The number of aromatic nitrogens is 4. The van der Waals surface area contributed by atoms with E-state index in [1.807, 2.05) is 18.2 Å². The summed E-state index contributed by atoms with van der Waals surface area (Å²) in [6.07, 6.45) is 3.84. The molecule has 0 saturated heterocycles. The van der Waals surface area contributed by atoms with Gasteiger partial charge in [0.1, 0.15) is 5.82 Å². The number of rotatable bonds is 6. The summed E-state index contributed by atoms with van der Waals surface area (Å²) >= 11 is 0. The van der Waals surface area contributed by atoms with E-state index in [0.717, 1.165) is 5.56 Å². The van der Waals surface area contributed by atoms with Crippen LogP contribution in [0.3, 0.4) is 0 Å². The molecule has 0 spiro atoms. The average Bonchev–Trinajstić information content (AvgIpc) is 3.12. The smallest absolute Gasteiger partial charge is 0.256 e. The second kappa shape index (κ2) is 7.23. The van der Waals surface area contributed by atoms with Gasteiger partial charge in [-0.25, -0.2) is 4.98 Å². The number of carbonyl (C=O) groups excluding carboxylic acids is 1. The molecule has 128 valence electrons. The van der Waals surface area contributed by atoms with E-state index in [0.29, 0.717) is 30.2 Å². The van der Waals surface area contributed by atoms with Gasteiger partial charge in [0.25, 0.3) is 5.91 Å². The second-order valence-electron chi connectivity index (χ2n) is 5.79. The Morgan fingerprint density at radius 1 is 1.20 bits per heavy atom. The number of H-pyrrole nitrogens is 1. The van der Waals surface area contributed by atoms with Gasteiger partial charge in [-0.1, -0.05) is 30.3 Å². The maximum Gasteiger partial charge on any atom is 0.256 e. The summed E-state index contributed by atoms with van der Waals surface area (Å²) in [5, 5.41) is 20.2. The molecule has 3 N–H and O–H groups in total. The summed E-state index contributed by atoms with van der Waals surface area (Å²) in [4.78, 5) is 20.6. The highest BCUT2D eigenvalue weighted by Crippen LogP contribution is 2.20. The van der Waals surface area contributed by atoms with Gasteiger partial charge in [-0.05, 0) is 24.6 Å². The molecule has 1 unspecified atom stereocenters. The summed E-state index contributed by atoms with van der Waals surface area (Å²) < 4.78 is 0. The maximum atomic E-state index is 12.3. The van der Waals surface area contributed by atoms with E-state index in [2.05, 4.69) is 25.5 Å². The second-order valence-corrected chi connectivity index (χ2v) is 5.79. The fourth-order valence-electron chi connectivity index (χ4n) is 2.40. The molecule has 0 radical (unpaired) electrons. The third-order valence-electron chi connectivity index (χ3n) is 3.90. The van der Waals surface area contributed by atoms with Gasteiger partial charge in [0.15, 0.2) is 11.4 Å². The molecule has 7 nitrogen and oxygen atoms in total. The Labute approximate surface area is 145 Å². The van der Waals surface area contributed by atoms with E-state index in [1.54, 1.807) is 36.7 Å². The van der Waals surface area contributed by atoms with E-state index in [-0.39, 0.29) is 0 Å². The Bertz CT molecular complexity index is 831. The molecular formula is C18H19N5O2. The SMILES string of the molecule is CC(O)(C(=O)NCCc1nc(-c2ccncc2)n[nH]1)c1ccccc1. The summed E-state index contributed by atoms with van der Waals surface area (Å²) in [6, 6.07) is 12.5. The van der Waals surface area contributed by atoms with Crippen LogP contribution in [0.15, 0.2) is 54.9 Å². The Kier molecular flexibility index (Phi) is 4.85. The van der Waals surface area contributed by atoms with Crippen molar-refractivity contribution in [1.82, 2.24) is 25.5 Å². The van der Waals surface area contributed by atoms with Gasteiger partial charge in [-0.3, -0.25) is 14.9 Å². The Hall–Kier alpha value is -3.06. The normalized spacial score (nSPS) is 13.2. The molecule has 25 heavy (non-hydrogen) atoms. The first-order valence-electron chi connectivity index (χ1n) is 7.95. The lowest BCUT2D eigenvalue weighted by Gasteiger charge is -2.22. The first-order valence-corrected chi connectivity index (χ1v) is 7.95. The van der Waals surface area contributed by atoms with Gasteiger partial charge in [0, 0.05) is 30.9 Å². The molecule has 1 aromatic carbocycles. The van der Waals surface area contributed by atoms with Crippen LogP contribution in [0.1, 0.15) is 18.3 Å². The van der Waals surface area contributed by atoms with E-state index in [1.165, 1.54) is 6.92 Å². The number of benzene rings is 1. The van der Waals surface area contributed by atoms with Crippen molar-refractivity contribution in [2.45, 2.75) is 18.9 Å². The minimum atomic E-state index is -1.58. The lowest BCUT2D eigenvalue weighted by atomic mass is 9.95. The molecule has 0 aliphatic rings. The zero-order chi connectivity index (χ0) is 17.7. The summed E-state index contributed by atoms with van der Waals surface area (Å²) in [6.45, 7) is 1.82. The number of aliphatic hydroxyl groups is 1. The summed E-state index contributed by atoms with van der Waals surface area (Å²) in [5.74, 6) is 0.791. The van der Waals surface area contributed by atoms with Crippen LogP contribution in [-0.2, 0) is 16.8 Å². The number of amides is 1. The van der Waals surface area contributed by atoms with Gasteiger partial charge in [-0.2, -0.15) is 5.10 Å². The molecule has 3 aromatic rings. The molecule has 2 aromatic heterocycles. The first kappa shape index (κ1) is 16.8. The minimum absolute atomic E-state index is 0.340. The summed E-state index contributed by atoms with van der Waals surface area (Å²) in [5.41, 5.74) is -0.161. The van der Waals surface area contributed by atoms with E-state index in [9.17, 15) is 9.90 Å². The van der Waals surface area contributed by atoms with Crippen molar-refractivity contribution < 1.29 is 9.90 Å². The van der Waals surface area contributed by atoms with E-state index < -0.39 is 11.5 Å². The quantitative estimate of drug-likeness (QED) is 0.631. The molecule has 1 atom stereocenters. The van der Waals surface area contributed by atoms with Crippen LogP contribution in [0.5, 0.6) is 0 Å². The Morgan fingerprint density at radius 2 is 1.92 bits per heavy atom. The first-order chi connectivity index (χ1) is 12.1. The number of pyridine rings is 1. The Balaban J connectivity index is 1.56. The minimum Gasteiger partial charge on any atom is -0.376 e. The molecular weight excluding hydrogens is 318 g/mol. The number of aromatic amines is 1. The van der Waals surface area contributed by atoms with Gasteiger partial charge in [-0.15, -0.1) is 0 Å². The predicted molar refractivity (Wildman–Crippen MR) is 92.3 cm³/mol. The van der Waals surface area contributed by atoms with Crippen molar-refractivity contribution >= 4 is 5.91 Å². The van der Waals surface area contributed by atoms with Crippen molar-refractivity contribution in [3.05, 3.63) is 66.2 Å². The monoisotopic (exact) mass is 337 g/mol. The molecule has 0 bridgehead atoms. The summed E-state index contributed by atoms with van der Waals surface area (Å²) in [7, 11) is 0. The molecule has 1 amide bonds. The molecule has 0 saturated carbocycles. The molecule has 3 rings (SSSR count). The number of carbonyl (C=O) groups is 1. The molecule has 7 heteroatoms. The van der Waals surface area contributed by atoms with E-state index in [4.69, 9.17) is 0 Å². The number of nitrogens with one attached hydrogen (secondary N) is 2. The van der Waals surface area contributed by atoms with Gasteiger partial charge in [0.05, 0.1) is 0 Å². The fraction of sp³-hybridized carbons (Fsp3) is 0.222. The van der Waals surface area contributed by atoms with Crippen LogP contribution >= 0.6 is 0 Å². The fourth-order valence-corrected chi connectivity index (χ4v) is 2.40. The zero-order valence-electron chi connectivity index (χ0n) is 13.8. The van der Waals surface area contributed by atoms with Crippen LogP contribution < -0.4 is 5.32 Å². The van der Waals surface area contributed by atoms with Crippen LogP contribution in [0, 0.1) is 0 Å². The van der Waals surface area contributed by atoms with Crippen molar-refractivity contribution in [1.29, 1.82) is 0 Å². The predicted octanol–water partition coefficient (Wildman–Crippen LogP) is 1.43. The van der Waals surface area contributed by atoms with Crippen LogP contribution in [0.2, 0.25) is 0 Å². The standard InChI is InChI=1S/C18H19N5O2/c1-18(25,14-5-3-2-4-6-14)17(24)20-12-9-15-21-16(23-22-15)13-7-10-19-11-8-13/h2-8,10-11,25H,9,12H2,1H3,(H,20,24)(H,21,22,23). The lowest BCUT2D eigenvalue weighted by Crippen LogP contribution is -2.42. The van der Waals surface area contributed by atoms with Crippen LogP contribution in [0.25, 0.3) is 11.4 Å². The highest BCUT2D eigenvalue weighted by molar-refractivity contribution is 5.85. The largest absolute Gasteiger partial charge is 0.376 e.